The van der Waals surface area contributed by atoms with Gasteiger partial charge in [-0.15, -0.1) is 0 Å². The fourth-order valence-corrected chi connectivity index (χ4v) is 2.02. The van der Waals surface area contributed by atoms with E-state index in [1.165, 1.54) is 6.20 Å². The summed E-state index contributed by atoms with van der Waals surface area (Å²) >= 11 is 0. The Morgan fingerprint density at radius 2 is 1.82 bits per heavy atom. The number of pyridine rings is 2. The predicted molar refractivity (Wildman–Crippen MR) is 86.3 cm³/mol. The molecule has 0 aliphatic rings. The molecule has 2 heterocycles. The molecule has 3 N–H and O–H groups in total. The average molecular weight is 290 g/mol. The highest BCUT2D eigenvalue weighted by molar-refractivity contribution is 6.04. The number of anilines is 2. The molecule has 5 heteroatoms. The molecule has 1 aromatic carbocycles. The first-order chi connectivity index (χ1) is 10.7. The minimum atomic E-state index is -0.294. The number of carbonyl (C=O) groups is 1. The highest BCUT2D eigenvalue weighted by Crippen LogP contribution is 2.23. The number of hydrogen-bond donors (Lipinski definition) is 2. The lowest BCUT2D eigenvalue weighted by molar-refractivity contribution is 0.102. The maximum absolute atomic E-state index is 12.2. The molecule has 0 aliphatic heterocycles. The van der Waals surface area contributed by atoms with Crippen LogP contribution in [-0.4, -0.2) is 15.9 Å². The number of nitrogen functional groups attached to an aromatic ring is 1. The van der Waals surface area contributed by atoms with E-state index in [1.54, 1.807) is 24.4 Å². The zero-order valence-electron chi connectivity index (χ0n) is 11.7. The van der Waals surface area contributed by atoms with Crippen molar-refractivity contribution in [3.8, 4) is 11.3 Å². The van der Waals surface area contributed by atoms with Gasteiger partial charge < -0.3 is 11.1 Å². The zero-order chi connectivity index (χ0) is 15.4. The molecule has 0 unspecified atom stereocenters. The quantitative estimate of drug-likeness (QED) is 0.777. The molecule has 0 saturated carbocycles. The Bertz CT molecular complexity index is 788. The van der Waals surface area contributed by atoms with Gasteiger partial charge in [0.1, 0.15) is 0 Å². The lowest BCUT2D eigenvalue weighted by Crippen LogP contribution is -2.14. The number of nitrogens with one attached hydrogen (secondary N) is 1. The van der Waals surface area contributed by atoms with Gasteiger partial charge in [0, 0.05) is 18.0 Å². The van der Waals surface area contributed by atoms with Crippen LogP contribution in [0.5, 0.6) is 0 Å². The minimum absolute atomic E-state index is 0.294. The van der Waals surface area contributed by atoms with Gasteiger partial charge in [-0.2, -0.15) is 0 Å². The third-order valence-electron chi connectivity index (χ3n) is 3.15. The second-order valence-electron chi connectivity index (χ2n) is 4.70. The topological polar surface area (TPSA) is 80.9 Å². The monoisotopic (exact) mass is 290 g/mol. The average Bonchev–Trinajstić information content (AvgIpc) is 2.58. The van der Waals surface area contributed by atoms with Crippen molar-refractivity contribution in [2.45, 2.75) is 0 Å². The molecule has 22 heavy (non-hydrogen) atoms. The largest absolute Gasteiger partial charge is 0.396 e. The summed E-state index contributed by atoms with van der Waals surface area (Å²) in [5.74, 6) is 0.0488. The van der Waals surface area contributed by atoms with Gasteiger partial charge in [0.2, 0.25) is 0 Å². The van der Waals surface area contributed by atoms with Crippen molar-refractivity contribution in [1.29, 1.82) is 0 Å². The van der Waals surface area contributed by atoms with Crippen LogP contribution in [0.2, 0.25) is 0 Å². The van der Waals surface area contributed by atoms with E-state index in [-0.39, 0.29) is 5.91 Å². The van der Waals surface area contributed by atoms with Gasteiger partial charge in [0.25, 0.3) is 5.91 Å². The van der Waals surface area contributed by atoms with Crippen LogP contribution in [0.3, 0.4) is 0 Å². The smallest absolute Gasteiger partial charge is 0.258 e. The molecule has 0 atom stereocenters. The van der Waals surface area contributed by atoms with Crippen molar-refractivity contribution in [1.82, 2.24) is 9.97 Å². The molecule has 0 bridgehead atoms. The van der Waals surface area contributed by atoms with Gasteiger partial charge in [0.05, 0.1) is 16.9 Å². The third-order valence-corrected chi connectivity index (χ3v) is 3.15. The Morgan fingerprint density at radius 3 is 2.55 bits per heavy atom. The van der Waals surface area contributed by atoms with Crippen molar-refractivity contribution in [3.05, 3.63) is 72.6 Å². The summed E-state index contributed by atoms with van der Waals surface area (Å²) in [5, 5.41) is 2.72. The maximum atomic E-state index is 12.2. The van der Waals surface area contributed by atoms with E-state index in [0.29, 0.717) is 17.1 Å². The van der Waals surface area contributed by atoms with E-state index in [2.05, 4.69) is 15.3 Å². The van der Waals surface area contributed by atoms with Crippen LogP contribution in [-0.2, 0) is 0 Å². The molecular weight excluding hydrogens is 276 g/mol. The molecule has 2 aromatic heterocycles. The maximum Gasteiger partial charge on any atom is 0.258 e. The van der Waals surface area contributed by atoms with E-state index < -0.39 is 0 Å². The Morgan fingerprint density at radius 1 is 1.00 bits per heavy atom. The van der Waals surface area contributed by atoms with E-state index in [1.807, 2.05) is 36.4 Å². The first kappa shape index (κ1) is 13.8. The second-order valence-corrected chi connectivity index (χ2v) is 4.70. The number of nitrogens with zero attached hydrogens (tertiary/aromatic N) is 2. The molecule has 3 aromatic rings. The van der Waals surface area contributed by atoms with Gasteiger partial charge in [0.15, 0.2) is 5.82 Å². The van der Waals surface area contributed by atoms with Crippen molar-refractivity contribution >= 4 is 17.4 Å². The first-order valence-corrected chi connectivity index (χ1v) is 6.77. The first-order valence-electron chi connectivity index (χ1n) is 6.77. The van der Waals surface area contributed by atoms with Gasteiger partial charge >= 0.3 is 0 Å². The molecule has 5 nitrogen and oxygen atoms in total. The van der Waals surface area contributed by atoms with Crippen LogP contribution in [0.4, 0.5) is 11.5 Å². The third kappa shape index (κ3) is 2.93. The van der Waals surface area contributed by atoms with Gasteiger partial charge in [-0.3, -0.25) is 9.78 Å². The summed E-state index contributed by atoms with van der Waals surface area (Å²) in [6.07, 6.45) is 3.10. The molecule has 1 amide bonds. The number of amides is 1. The molecule has 108 valence electrons. The molecule has 0 aliphatic carbocycles. The van der Waals surface area contributed by atoms with Gasteiger partial charge in [-0.05, 0) is 24.3 Å². The second kappa shape index (κ2) is 6.05. The SMILES string of the molecule is Nc1ccc(-c2ccccc2)nc1NC(=O)c1cccnc1. The molecule has 0 spiro atoms. The Balaban J connectivity index is 1.89. The molecule has 0 saturated heterocycles. The van der Waals surface area contributed by atoms with Crippen molar-refractivity contribution in [3.63, 3.8) is 0 Å². The number of benzene rings is 1. The Hall–Kier alpha value is -3.21. The summed E-state index contributed by atoms with van der Waals surface area (Å²) in [4.78, 5) is 20.5. The van der Waals surface area contributed by atoms with E-state index in [0.717, 1.165) is 11.3 Å². The number of carbonyl (C=O) groups excluding carboxylic acids is 1. The summed E-state index contributed by atoms with van der Waals surface area (Å²) < 4.78 is 0. The molecule has 3 rings (SSSR count). The van der Waals surface area contributed by atoms with Crippen molar-refractivity contribution < 1.29 is 4.79 Å². The van der Waals surface area contributed by atoms with E-state index >= 15 is 0 Å². The van der Waals surface area contributed by atoms with E-state index in [9.17, 15) is 4.79 Å². The van der Waals surface area contributed by atoms with Crippen molar-refractivity contribution in [2.75, 3.05) is 11.1 Å². The predicted octanol–water partition coefficient (Wildman–Crippen LogP) is 2.98. The summed E-state index contributed by atoms with van der Waals surface area (Å²) in [5.41, 5.74) is 8.47. The fraction of sp³-hybridized carbons (Fsp3) is 0. The zero-order valence-corrected chi connectivity index (χ0v) is 11.7. The summed E-state index contributed by atoms with van der Waals surface area (Å²) in [6.45, 7) is 0. The van der Waals surface area contributed by atoms with Crippen LogP contribution in [0.15, 0.2) is 67.0 Å². The Labute approximate surface area is 127 Å². The van der Waals surface area contributed by atoms with Crippen LogP contribution < -0.4 is 11.1 Å². The van der Waals surface area contributed by atoms with Gasteiger partial charge in [-0.1, -0.05) is 30.3 Å². The highest BCUT2D eigenvalue weighted by atomic mass is 16.1. The highest BCUT2D eigenvalue weighted by Gasteiger charge is 2.10. The summed E-state index contributed by atoms with van der Waals surface area (Å²) in [6, 6.07) is 16.6. The fourth-order valence-electron chi connectivity index (χ4n) is 2.02. The van der Waals surface area contributed by atoms with Crippen LogP contribution in [0.25, 0.3) is 11.3 Å². The standard InChI is InChI=1S/C17H14N4O/c18-14-8-9-15(12-5-2-1-3-6-12)20-16(14)21-17(22)13-7-4-10-19-11-13/h1-11H,18H2,(H,20,21,22). The number of aromatic nitrogens is 2. The molecule has 0 fully saturated rings. The molecular formula is C17H14N4O. The lowest BCUT2D eigenvalue weighted by atomic mass is 10.1. The molecule has 0 radical (unpaired) electrons. The minimum Gasteiger partial charge on any atom is -0.396 e. The normalized spacial score (nSPS) is 10.2. The number of rotatable bonds is 3. The van der Waals surface area contributed by atoms with Crippen LogP contribution >= 0.6 is 0 Å². The van der Waals surface area contributed by atoms with Crippen molar-refractivity contribution in [2.24, 2.45) is 0 Å². The van der Waals surface area contributed by atoms with Crippen LogP contribution in [0.1, 0.15) is 10.4 Å². The lowest BCUT2D eigenvalue weighted by Gasteiger charge is -2.09. The number of nitrogens with two attached hydrogens (primary N) is 1. The number of hydrogen-bond acceptors (Lipinski definition) is 4. The Kier molecular flexibility index (Phi) is 3.78. The van der Waals surface area contributed by atoms with Crippen LogP contribution in [0, 0.1) is 0 Å². The summed E-state index contributed by atoms with van der Waals surface area (Å²) in [7, 11) is 0. The van der Waals surface area contributed by atoms with Gasteiger partial charge in [-0.25, -0.2) is 4.98 Å². The van der Waals surface area contributed by atoms with E-state index in [4.69, 9.17) is 5.73 Å².